The van der Waals surface area contributed by atoms with Crippen molar-refractivity contribution in [1.29, 1.82) is 0 Å². The molecule has 1 aromatic heterocycles. The fraction of sp³-hybridized carbons (Fsp3) is 0.423. The van der Waals surface area contributed by atoms with Gasteiger partial charge in [-0.25, -0.2) is 9.78 Å². The molecule has 2 aromatic rings. The minimum atomic E-state index is -5.03. The number of nitrogens with zero attached hydrogens (tertiary/aromatic N) is 4. The number of nitrogens with one attached hydrogen (secondary N) is 3. The van der Waals surface area contributed by atoms with Crippen LogP contribution in [0.15, 0.2) is 33.7 Å². The van der Waals surface area contributed by atoms with Gasteiger partial charge in [0.15, 0.2) is 10.8 Å². The Hall–Kier alpha value is -4.90. The Morgan fingerprint density at radius 2 is 2.02 bits per heavy atom. The van der Waals surface area contributed by atoms with Gasteiger partial charge < -0.3 is 42.1 Å². The van der Waals surface area contributed by atoms with E-state index in [1.807, 2.05) is 0 Å². The summed E-state index contributed by atoms with van der Waals surface area (Å²) in [5, 5.41) is 23.6. The van der Waals surface area contributed by atoms with Gasteiger partial charge in [0.2, 0.25) is 5.91 Å². The SMILES string of the molecule is CNc1ccc(OC[C@H](O/N=C(\C(=O)N[C@@H]2C(=O)N(OS(=O)(=O)O)C2(C)C)c2csc(N)n2)C(=O)O)cc1C=NCC1(C(N)=O)CNC1. The molecule has 20 nitrogen and oxygen atoms in total. The number of aliphatic imine (C=N–C) groups is 1. The molecule has 2 saturated heterocycles. The Labute approximate surface area is 277 Å². The number of nitrogen functional groups attached to an aromatic ring is 1. The number of rotatable bonds is 16. The van der Waals surface area contributed by atoms with Crippen LogP contribution >= 0.6 is 11.3 Å². The third-order valence-electron chi connectivity index (χ3n) is 7.42. The second kappa shape index (κ2) is 14.1. The number of carbonyl (C=O) groups excluding carboxylic acids is 3. The molecule has 2 aliphatic heterocycles. The maximum Gasteiger partial charge on any atom is 0.418 e. The summed E-state index contributed by atoms with van der Waals surface area (Å²) >= 11 is 0.939. The molecule has 4 rings (SSSR count). The fourth-order valence-electron chi connectivity index (χ4n) is 4.53. The molecule has 48 heavy (non-hydrogen) atoms. The Morgan fingerprint density at radius 3 is 2.54 bits per heavy atom. The molecule has 3 heterocycles. The minimum Gasteiger partial charge on any atom is -0.489 e. The fourth-order valence-corrected chi connectivity index (χ4v) is 5.53. The van der Waals surface area contributed by atoms with E-state index >= 15 is 0 Å². The van der Waals surface area contributed by atoms with Crippen LogP contribution in [-0.2, 0) is 38.7 Å². The maximum absolute atomic E-state index is 13.2. The van der Waals surface area contributed by atoms with E-state index < -0.39 is 69.5 Å². The molecular formula is C26H33N9O11S2. The quantitative estimate of drug-likeness (QED) is 0.0444. The molecule has 0 spiro atoms. The van der Waals surface area contributed by atoms with E-state index in [0.29, 0.717) is 29.4 Å². The first-order valence-corrected chi connectivity index (χ1v) is 16.2. The maximum atomic E-state index is 13.2. The lowest BCUT2D eigenvalue weighted by atomic mass is 9.81. The largest absolute Gasteiger partial charge is 0.489 e. The number of hydrogen-bond donors (Lipinski definition) is 7. The minimum absolute atomic E-state index is 0.0369. The first kappa shape index (κ1) is 35.9. The monoisotopic (exact) mass is 711 g/mol. The third-order valence-corrected chi connectivity index (χ3v) is 8.43. The van der Waals surface area contributed by atoms with Crippen LogP contribution in [0.5, 0.6) is 5.75 Å². The first-order chi connectivity index (χ1) is 22.5. The molecule has 0 unspecified atom stereocenters. The molecule has 9 N–H and O–H groups in total. The number of hydrogen-bond acceptors (Lipinski definition) is 16. The number of carboxylic acids is 1. The van der Waals surface area contributed by atoms with Crippen LogP contribution in [-0.4, -0.2) is 115 Å². The molecule has 2 atom stereocenters. The number of benzene rings is 1. The van der Waals surface area contributed by atoms with E-state index in [1.165, 1.54) is 25.4 Å². The lowest BCUT2D eigenvalue weighted by molar-refractivity contribution is -0.218. The Kier molecular flexibility index (Phi) is 10.5. The van der Waals surface area contributed by atoms with Crippen LogP contribution in [0.4, 0.5) is 10.8 Å². The number of oxime groups is 1. The second-order valence-electron chi connectivity index (χ2n) is 11.2. The number of anilines is 2. The zero-order chi connectivity index (χ0) is 35.4. The van der Waals surface area contributed by atoms with Crippen molar-refractivity contribution in [2.45, 2.75) is 31.5 Å². The van der Waals surface area contributed by atoms with E-state index in [9.17, 15) is 32.7 Å². The van der Waals surface area contributed by atoms with Crippen molar-refractivity contribution in [3.63, 3.8) is 0 Å². The van der Waals surface area contributed by atoms with Crippen molar-refractivity contribution in [3.05, 3.63) is 34.8 Å². The van der Waals surface area contributed by atoms with Crippen molar-refractivity contribution in [3.8, 4) is 5.75 Å². The van der Waals surface area contributed by atoms with Gasteiger partial charge in [0.05, 0.1) is 17.5 Å². The smallest absolute Gasteiger partial charge is 0.418 e. The normalized spacial score (nSPS) is 19.2. The summed E-state index contributed by atoms with van der Waals surface area (Å²) in [6.45, 7) is 3.12. The predicted molar refractivity (Wildman–Crippen MR) is 170 cm³/mol. The summed E-state index contributed by atoms with van der Waals surface area (Å²) in [6, 6.07) is 3.46. The number of carboxylic acid groups (broad SMARTS) is 1. The van der Waals surface area contributed by atoms with Crippen LogP contribution < -0.4 is 32.2 Å². The van der Waals surface area contributed by atoms with Crippen molar-refractivity contribution < 1.29 is 51.1 Å². The number of primary amides is 1. The third kappa shape index (κ3) is 7.96. The molecule has 3 amide bonds. The van der Waals surface area contributed by atoms with Crippen LogP contribution in [0.2, 0.25) is 0 Å². The number of aromatic nitrogens is 1. The summed E-state index contributed by atoms with van der Waals surface area (Å²) in [5.41, 5.74) is 9.57. The van der Waals surface area contributed by atoms with Gasteiger partial charge in [-0.1, -0.05) is 5.16 Å². The Bertz CT molecular complexity index is 1760. The Balaban J connectivity index is 1.47. The van der Waals surface area contributed by atoms with Gasteiger partial charge in [-0.3, -0.25) is 23.9 Å². The molecular weight excluding hydrogens is 678 g/mol. The number of hydroxylamine groups is 2. The van der Waals surface area contributed by atoms with Crippen molar-refractivity contribution in [2.24, 2.45) is 21.3 Å². The molecule has 2 aliphatic rings. The van der Waals surface area contributed by atoms with E-state index in [2.05, 4.69) is 35.4 Å². The highest BCUT2D eigenvalue weighted by Gasteiger charge is 2.58. The molecule has 0 bridgehead atoms. The number of aliphatic carboxylic acids is 1. The van der Waals surface area contributed by atoms with Crippen LogP contribution in [0, 0.1) is 5.41 Å². The van der Waals surface area contributed by atoms with E-state index in [0.717, 1.165) is 11.3 Å². The summed E-state index contributed by atoms with van der Waals surface area (Å²) in [5.74, 6) is -3.78. The van der Waals surface area contributed by atoms with E-state index in [-0.39, 0.29) is 23.1 Å². The van der Waals surface area contributed by atoms with Gasteiger partial charge in [-0.15, -0.1) is 15.6 Å². The molecule has 0 radical (unpaired) electrons. The number of carbonyl (C=O) groups is 4. The van der Waals surface area contributed by atoms with Crippen LogP contribution in [0.1, 0.15) is 25.1 Å². The predicted octanol–water partition coefficient (Wildman–Crippen LogP) is -1.65. The first-order valence-electron chi connectivity index (χ1n) is 13.9. The number of β-lactam (4-membered cyclic amide) rings is 1. The lowest BCUT2D eigenvalue weighted by Crippen LogP contribution is -2.76. The Morgan fingerprint density at radius 1 is 1.31 bits per heavy atom. The van der Waals surface area contributed by atoms with Gasteiger partial charge in [0.1, 0.15) is 24.1 Å². The van der Waals surface area contributed by atoms with Crippen LogP contribution in [0.3, 0.4) is 0 Å². The molecule has 0 aliphatic carbocycles. The number of ether oxygens (including phenoxy) is 1. The zero-order valence-electron chi connectivity index (χ0n) is 25.7. The highest BCUT2D eigenvalue weighted by molar-refractivity contribution is 7.80. The molecule has 22 heteroatoms. The van der Waals surface area contributed by atoms with Gasteiger partial charge in [0, 0.05) is 43.0 Å². The number of nitrogens with two attached hydrogens (primary N) is 2. The standard InChI is InChI=1S/C26H33N9O11S2/c1-25(2)19(21(37)35(25)46-48(41,42)43)33-20(36)18(16-9-47-24(28)32-16)34-45-17(22(38)39)8-44-14-4-5-15(29-3)13(6-14)7-30-10-26(23(27)40)11-31-12-26/h4-7,9,17,19,29,31H,8,10-12H2,1-3H3,(H2,27,40)(H2,28,32)(H,33,36)(H,38,39)(H,41,42,43)/b30-7?,34-18-/t17-,19+/m0/s1. The van der Waals surface area contributed by atoms with Gasteiger partial charge in [-0.05, 0) is 32.0 Å². The van der Waals surface area contributed by atoms with Crippen molar-refractivity contribution in [1.82, 2.24) is 20.7 Å². The zero-order valence-corrected chi connectivity index (χ0v) is 27.3. The molecule has 260 valence electrons. The summed E-state index contributed by atoms with van der Waals surface area (Å²) in [6.07, 6.45) is -0.212. The highest BCUT2D eigenvalue weighted by Crippen LogP contribution is 2.33. The topological polar surface area (TPSA) is 300 Å². The average Bonchev–Trinajstić information content (AvgIpc) is 3.42. The summed E-state index contributed by atoms with van der Waals surface area (Å²) in [4.78, 5) is 63.2. The molecule has 1 aromatic carbocycles. The van der Waals surface area contributed by atoms with Crippen LogP contribution in [0.25, 0.3) is 0 Å². The molecule has 0 saturated carbocycles. The lowest BCUT2D eigenvalue weighted by Gasteiger charge is -2.50. The number of amides is 3. The average molecular weight is 712 g/mol. The van der Waals surface area contributed by atoms with E-state index in [4.69, 9.17) is 25.6 Å². The van der Waals surface area contributed by atoms with Gasteiger partial charge in [0.25, 0.3) is 17.9 Å². The second-order valence-corrected chi connectivity index (χ2v) is 13.1. The van der Waals surface area contributed by atoms with Gasteiger partial charge in [-0.2, -0.15) is 13.5 Å². The van der Waals surface area contributed by atoms with Crippen molar-refractivity contribution >= 4 is 68.2 Å². The van der Waals surface area contributed by atoms with Crippen molar-refractivity contribution in [2.75, 3.05) is 44.3 Å². The van der Waals surface area contributed by atoms with Gasteiger partial charge >= 0.3 is 16.4 Å². The highest BCUT2D eigenvalue weighted by atomic mass is 32.3. The molecule has 2 fully saturated rings. The summed E-state index contributed by atoms with van der Waals surface area (Å²) in [7, 11) is -3.34. The summed E-state index contributed by atoms with van der Waals surface area (Å²) < 4.78 is 41.1. The van der Waals surface area contributed by atoms with E-state index in [1.54, 1.807) is 25.2 Å². The number of thiazole rings is 1.